The number of ketones is 1. The average molecular weight is 312 g/mol. The highest BCUT2D eigenvalue weighted by atomic mass is 19.1. The molecule has 2 aromatic carbocycles. The van der Waals surface area contributed by atoms with Crippen LogP contribution in [0.15, 0.2) is 36.4 Å². The van der Waals surface area contributed by atoms with E-state index in [1.54, 1.807) is 19.1 Å². The lowest BCUT2D eigenvalue weighted by atomic mass is 9.77. The molecule has 5 heteroatoms. The van der Waals surface area contributed by atoms with Crippen LogP contribution in [0, 0.1) is 12.7 Å². The zero-order valence-electron chi connectivity index (χ0n) is 13.4. The molecule has 3 nitrogen and oxygen atoms in total. The maximum atomic E-state index is 13.9. The second kappa shape index (κ2) is 5.58. The van der Waals surface area contributed by atoms with Crippen molar-refractivity contribution < 1.29 is 18.9 Å². The van der Waals surface area contributed by atoms with E-state index in [0.29, 0.717) is 5.46 Å². The lowest BCUT2D eigenvalue weighted by molar-refractivity contribution is 0.0987. The Labute approximate surface area is 135 Å². The normalized spacial score (nSPS) is 15.6. The Bertz CT molecular complexity index is 786. The monoisotopic (exact) mass is 312 g/mol. The molecule has 0 saturated heterocycles. The summed E-state index contributed by atoms with van der Waals surface area (Å²) in [5.74, 6) is -0.782. The maximum absolute atomic E-state index is 13.9. The number of rotatable bonds is 3. The van der Waals surface area contributed by atoms with E-state index in [4.69, 9.17) is 4.65 Å². The second-order valence-electron chi connectivity index (χ2n) is 6.49. The van der Waals surface area contributed by atoms with Gasteiger partial charge in [-0.25, -0.2) is 4.39 Å². The quantitative estimate of drug-likeness (QED) is 0.700. The molecule has 0 radical (unpaired) electrons. The highest BCUT2D eigenvalue weighted by molar-refractivity contribution is 6.62. The van der Waals surface area contributed by atoms with E-state index in [-0.39, 0.29) is 17.8 Å². The Morgan fingerprint density at radius 3 is 2.70 bits per heavy atom. The van der Waals surface area contributed by atoms with Gasteiger partial charge in [-0.3, -0.25) is 4.79 Å². The molecule has 1 aliphatic heterocycles. The molecule has 0 spiro atoms. The average Bonchev–Trinajstić information content (AvgIpc) is 2.68. The van der Waals surface area contributed by atoms with Crippen molar-refractivity contribution in [1.82, 2.24) is 0 Å². The number of aryl methyl sites for hydroxylation is 1. The Hall–Kier alpha value is -1.98. The van der Waals surface area contributed by atoms with Crippen molar-refractivity contribution in [1.29, 1.82) is 0 Å². The van der Waals surface area contributed by atoms with Crippen molar-refractivity contribution in [2.75, 3.05) is 0 Å². The number of hydrogen-bond acceptors (Lipinski definition) is 3. The van der Waals surface area contributed by atoms with E-state index >= 15 is 0 Å². The van der Waals surface area contributed by atoms with Crippen molar-refractivity contribution in [2.24, 2.45) is 0 Å². The second-order valence-corrected chi connectivity index (χ2v) is 6.49. The molecule has 3 rings (SSSR count). The highest BCUT2D eigenvalue weighted by Gasteiger charge is 2.40. The van der Waals surface area contributed by atoms with Crippen LogP contribution in [-0.2, 0) is 16.7 Å². The van der Waals surface area contributed by atoms with Gasteiger partial charge in [0.1, 0.15) is 5.82 Å². The molecular formula is C18H18BFO3. The summed E-state index contributed by atoms with van der Waals surface area (Å²) in [5, 5.41) is 10.0. The minimum atomic E-state index is -0.994. The number of hydrogen-bond donors (Lipinski definition) is 1. The fourth-order valence-electron chi connectivity index (χ4n) is 3.01. The third-order valence-electron chi connectivity index (χ3n) is 4.23. The maximum Gasteiger partial charge on any atom is 0.492 e. The molecule has 23 heavy (non-hydrogen) atoms. The molecule has 0 fully saturated rings. The minimum absolute atomic E-state index is 0.0837. The van der Waals surface area contributed by atoms with Crippen LogP contribution in [0.25, 0.3) is 0 Å². The summed E-state index contributed by atoms with van der Waals surface area (Å²) >= 11 is 0. The summed E-state index contributed by atoms with van der Waals surface area (Å²) < 4.78 is 19.4. The Morgan fingerprint density at radius 2 is 2.00 bits per heavy atom. The third kappa shape index (κ3) is 2.94. The van der Waals surface area contributed by atoms with Crippen molar-refractivity contribution in [2.45, 2.75) is 32.8 Å². The molecule has 0 unspecified atom stereocenters. The standard InChI is InChI=1S/C18H18BFO3/c1-11-4-6-13(16(20)8-11)17(21)10-12-5-7-14-15(9-12)19(22)23-18(14,2)3/h4-9,22H,10H2,1-3H3. The zero-order chi connectivity index (χ0) is 16.8. The van der Waals surface area contributed by atoms with Gasteiger partial charge in [0, 0.05) is 6.42 Å². The smallest absolute Gasteiger partial charge is 0.423 e. The molecule has 118 valence electrons. The first-order valence-corrected chi connectivity index (χ1v) is 7.56. The first-order chi connectivity index (χ1) is 10.8. The Morgan fingerprint density at radius 1 is 1.26 bits per heavy atom. The predicted molar refractivity (Wildman–Crippen MR) is 87.3 cm³/mol. The number of Topliss-reactive ketones (excluding diaryl/α,β-unsaturated/α-hetero) is 1. The van der Waals surface area contributed by atoms with E-state index in [1.165, 1.54) is 12.1 Å². The summed E-state index contributed by atoms with van der Waals surface area (Å²) in [6.45, 7) is 5.55. The minimum Gasteiger partial charge on any atom is -0.423 e. The fraction of sp³-hybridized carbons (Fsp3) is 0.278. The fourth-order valence-corrected chi connectivity index (χ4v) is 3.01. The number of carbonyl (C=O) groups is 1. The van der Waals surface area contributed by atoms with E-state index < -0.39 is 18.5 Å². The summed E-state index contributed by atoms with van der Waals surface area (Å²) in [6, 6.07) is 10.0. The Balaban J connectivity index is 1.87. The van der Waals surface area contributed by atoms with Crippen LogP contribution >= 0.6 is 0 Å². The molecule has 0 aromatic heterocycles. The van der Waals surface area contributed by atoms with Crippen LogP contribution in [0.2, 0.25) is 0 Å². The molecule has 0 atom stereocenters. The highest BCUT2D eigenvalue weighted by Crippen LogP contribution is 2.30. The summed E-state index contributed by atoms with van der Waals surface area (Å²) in [4.78, 5) is 12.3. The van der Waals surface area contributed by atoms with Gasteiger partial charge in [0.25, 0.3) is 0 Å². The van der Waals surface area contributed by atoms with E-state index in [2.05, 4.69) is 0 Å². The molecule has 0 amide bonds. The van der Waals surface area contributed by atoms with E-state index in [0.717, 1.165) is 16.7 Å². The SMILES string of the molecule is Cc1ccc(C(=O)Cc2ccc3c(c2)B(O)OC3(C)C)c(F)c1. The number of fused-ring (bicyclic) bond motifs is 1. The molecule has 0 saturated carbocycles. The lowest BCUT2D eigenvalue weighted by Gasteiger charge is -2.19. The van der Waals surface area contributed by atoms with Gasteiger partial charge < -0.3 is 9.68 Å². The molecule has 2 aromatic rings. The predicted octanol–water partition coefficient (Wildman–Crippen LogP) is 2.51. The summed E-state index contributed by atoms with van der Waals surface area (Å²) in [6.07, 6.45) is 0.0837. The van der Waals surface area contributed by atoms with Crippen LogP contribution in [0.5, 0.6) is 0 Å². The summed E-state index contributed by atoms with van der Waals surface area (Å²) in [7, 11) is -0.994. The molecule has 1 aliphatic rings. The lowest BCUT2D eigenvalue weighted by Crippen LogP contribution is -2.29. The van der Waals surface area contributed by atoms with E-state index in [9.17, 15) is 14.2 Å². The van der Waals surface area contributed by atoms with Gasteiger partial charge in [-0.1, -0.05) is 24.3 Å². The Kier molecular flexibility index (Phi) is 3.86. The number of carbonyl (C=O) groups excluding carboxylic acids is 1. The van der Waals surface area contributed by atoms with Crippen LogP contribution in [0.3, 0.4) is 0 Å². The molecular weight excluding hydrogens is 294 g/mol. The van der Waals surface area contributed by atoms with Crippen LogP contribution in [0.1, 0.15) is 40.9 Å². The van der Waals surface area contributed by atoms with Crippen LogP contribution in [0.4, 0.5) is 4.39 Å². The van der Waals surface area contributed by atoms with Gasteiger partial charge in [0.15, 0.2) is 5.78 Å². The van der Waals surface area contributed by atoms with Gasteiger partial charge in [0.2, 0.25) is 0 Å². The van der Waals surface area contributed by atoms with Crippen molar-refractivity contribution in [3.8, 4) is 0 Å². The molecule has 0 aliphatic carbocycles. The first-order valence-electron chi connectivity index (χ1n) is 7.56. The molecule has 1 N–H and O–H groups in total. The molecule has 1 heterocycles. The van der Waals surface area contributed by atoms with Gasteiger partial charge in [0.05, 0.1) is 11.2 Å². The summed E-state index contributed by atoms with van der Waals surface area (Å²) in [5.41, 5.74) is 2.62. The third-order valence-corrected chi connectivity index (χ3v) is 4.23. The van der Waals surface area contributed by atoms with Gasteiger partial charge in [-0.05, 0) is 55.1 Å². The van der Waals surface area contributed by atoms with Crippen LogP contribution < -0.4 is 5.46 Å². The van der Waals surface area contributed by atoms with Crippen molar-refractivity contribution in [3.05, 3.63) is 64.5 Å². The van der Waals surface area contributed by atoms with Gasteiger partial charge >= 0.3 is 7.12 Å². The molecule has 0 bridgehead atoms. The number of benzene rings is 2. The van der Waals surface area contributed by atoms with E-state index in [1.807, 2.05) is 26.0 Å². The number of halogens is 1. The van der Waals surface area contributed by atoms with Gasteiger partial charge in [-0.2, -0.15) is 0 Å². The topological polar surface area (TPSA) is 46.5 Å². The van der Waals surface area contributed by atoms with Crippen molar-refractivity contribution in [3.63, 3.8) is 0 Å². The zero-order valence-corrected chi connectivity index (χ0v) is 13.4. The van der Waals surface area contributed by atoms with Gasteiger partial charge in [-0.15, -0.1) is 0 Å². The first kappa shape index (κ1) is 15.9. The van der Waals surface area contributed by atoms with Crippen molar-refractivity contribution >= 4 is 18.4 Å². The van der Waals surface area contributed by atoms with Crippen LogP contribution in [-0.4, -0.2) is 17.9 Å². The largest absolute Gasteiger partial charge is 0.492 e.